The molecule has 0 bridgehead atoms. The molecule has 3 aliphatic rings. The number of hydrogen-bond donors (Lipinski definition) is 3. The third-order valence-electron chi connectivity index (χ3n) is 7.61. The number of anilines is 1. The fraction of sp³-hybridized carbons (Fsp3) is 0.680. The molecule has 0 aromatic heterocycles. The third-order valence-corrected chi connectivity index (χ3v) is 7.61. The van der Waals surface area contributed by atoms with E-state index in [2.05, 4.69) is 54.8 Å². The van der Waals surface area contributed by atoms with Crippen LogP contribution < -0.4 is 10.5 Å². The molecule has 0 spiro atoms. The molecule has 3 aliphatic heterocycles. The van der Waals surface area contributed by atoms with Crippen molar-refractivity contribution in [1.82, 2.24) is 20.6 Å². The Morgan fingerprint density at radius 3 is 2.31 bits per heavy atom. The first-order chi connectivity index (χ1) is 16.7. The van der Waals surface area contributed by atoms with Crippen molar-refractivity contribution in [3.05, 3.63) is 29.8 Å². The van der Waals surface area contributed by atoms with Crippen molar-refractivity contribution in [3.63, 3.8) is 0 Å². The van der Waals surface area contributed by atoms with Gasteiger partial charge in [0.25, 0.3) is 5.91 Å². The van der Waals surface area contributed by atoms with Gasteiger partial charge in [0.2, 0.25) is 5.91 Å². The predicted molar refractivity (Wildman–Crippen MR) is 130 cm³/mol. The van der Waals surface area contributed by atoms with Gasteiger partial charge in [-0.3, -0.25) is 24.9 Å². The lowest BCUT2D eigenvalue weighted by Gasteiger charge is -2.46. The average molecular weight is 490 g/mol. The van der Waals surface area contributed by atoms with Crippen LogP contribution in [-0.4, -0.2) is 95.2 Å². The van der Waals surface area contributed by atoms with Crippen LogP contribution in [0.3, 0.4) is 0 Å². The van der Waals surface area contributed by atoms with Crippen LogP contribution in [0, 0.1) is 5.92 Å². The van der Waals surface area contributed by atoms with Crippen LogP contribution in [0.5, 0.6) is 0 Å². The zero-order valence-corrected chi connectivity index (χ0v) is 21.0. The number of piperidine rings is 1. The van der Waals surface area contributed by atoms with Gasteiger partial charge in [-0.1, -0.05) is 38.5 Å². The summed E-state index contributed by atoms with van der Waals surface area (Å²) in [4.78, 5) is 32.9. The molecule has 0 aliphatic carbocycles. The Kier molecular flexibility index (Phi) is 7.97. The second-order valence-corrected chi connectivity index (χ2v) is 10.8. The Morgan fingerprint density at radius 1 is 1.06 bits per heavy atom. The first-order valence-corrected chi connectivity index (χ1v) is 12.6. The summed E-state index contributed by atoms with van der Waals surface area (Å²) in [5.74, 6) is -1.54. The van der Waals surface area contributed by atoms with Gasteiger partial charge in [0.1, 0.15) is 6.04 Å². The smallest absolute Gasteiger partial charge is 0.268 e. The van der Waals surface area contributed by atoms with E-state index >= 15 is 0 Å². The number of nitrogens with one attached hydrogen (secondary N) is 1. The highest BCUT2D eigenvalue weighted by atomic mass is 16.7. The van der Waals surface area contributed by atoms with E-state index < -0.39 is 17.9 Å². The zero-order chi connectivity index (χ0) is 25.2. The Morgan fingerprint density at radius 2 is 1.74 bits per heavy atom. The number of carbonyl (C=O) groups excluding carboxylic acids is 2. The average Bonchev–Trinajstić information content (AvgIpc) is 3.41. The molecule has 3 heterocycles. The number of benzene rings is 1. The first kappa shape index (κ1) is 25.8. The molecule has 0 radical (unpaired) electrons. The maximum Gasteiger partial charge on any atom is 0.268 e. The summed E-state index contributed by atoms with van der Waals surface area (Å²) in [5.41, 5.74) is 4.02. The molecular weight excluding hydrogens is 450 g/mol. The fourth-order valence-electron chi connectivity index (χ4n) is 5.54. The molecule has 0 saturated carbocycles. The zero-order valence-electron chi connectivity index (χ0n) is 21.0. The van der Waals surface area contributed by atoms with Crippen molar-refractivity contribution in [1.29, 1.82) is 0 Å². The van der Waals surface area contributed by atoms with E-state index in [9.17, 15) is 14.8 Å². The Bertz CT molecular complexity index is 875. The molecule has 194 valence electrons. The van der Waals surface area contributed by atoms with Crippen LogP contribution in [0.2, 0.25) is 0 Å². The van der Waals surface area contributed by atoms with Crippen LogP contribution in [0.4, 0.5) is 5.69 Å². The Balaban J connectivity index is 1.47. The van der Waals surface area contributed by atoms with Gasteiger partial charge in [0.05, 0.1) is 12.5 Å². The number of rotatable bonds is 5. The molecule has 0 unspecified atom stereocenters. The normalized spacial score (nSPS) is 26.1. The van der Waals surface area contributed by atoms with Gasteiger partial charge < -0.3 is 14.5 Å². The molecule has 3 fully saturated rings. The Labute approximate surface area is 207 Å². The predicted octanol–water partition coefficient (Wildman–Crippen LogP) is 1.61. The summed E-state index contributed by atoms with van der Waals surface area (Å²) in [5, 5.41) is 19.0. The molecule has 3 N–H and O–H groups in total. The maximum absolute atomic E-state index is 13.8. The maximum atomic E-state index is 13.8. The summed E-state index contributed by atoms with van der Waals surface area (Å²) in [6.45, 7) is 11.0. The molecule has 1 aromatic carbocycles. The topological polar surface area (TPSA) is 109 Å². The van der Waals surface area contributed by atoms with Gasteiger partial charge in [0.15, 0.2) is 0 Å². The quantitative estimate of drug-likeness (QED) is 0.423. The van der Waals surface area contributed by atoms with Crippen molar-refractivity contribution in [2.75, 3.05) is 50.8 Å². The summed E-state index contributed by atoms with van der Waals surface area (Å²) in [6.07, 6.45) is 2.01. The lowest BCUT2D eigenvalue weighted by atomic mass is 9.85. The van der Waals surface area contributed by atoms with Gasteiger partial charge >= 0.3 is 0 Å². The number of hydrazine groups is 1. The molecule has 10 heteroatoms. The van der Waals surface area contributed by atoms with Crippen molar-refractivity contribution in [3.8, 4) is 0 Å². The van der Waals surface area contributed by atoms with Crippen molar-refractivity contribution < 1.29 is 24.7 Å². The SMILES string of the molecule is CC(C)(C)c1ccc(N2CCN(C(=O)[C@@H]3[C@@H](C(=O)N(O)NO)CCCN3[C@H]3CCOC3)CC2)cc1. The molecule has 1 aromatic rings. The molecule has 10 nitrogen and oxygen atoms in total. The van der Waals surface area contributed by atoms with Gasteiger partial charge in [-0.05, 0) is 48.9 Å². The summed E-state index contributed by atoms with van der Waals surface area (Å²) in [6, 6.07) is 8.01. The van der Waals surface area contributed by atoms with E-state index in [1.807, 2.05) is 4.90 Å². The second-order valence-electron chi connectivity index (χ2n) is 10.8. The molecule has 3 saturated heterocycles. The van der Waals surface area contributed by atoms with E-state index in [0.717, 1.165) is 18.5 Å². The van der Waals surface area contributed by atoms with E-state index in [1.54, 1.807) is 0 Å². The summed E-state index contributed by atoms with van der Waals surface area (Å²) >= 11 is 0. The fourth-order valence-corrected chi connectivity index (χ4v) is 5.54. The van der Waals surface area contributed by atoms with Crippen molar-refractivity contribution >= 4 is 17.5 Å². The van der Waals surface area contributed by atoms with Crippen LogP contribution in [-0.2, 0) is 19.7 Å². The molecule has 35 heavy (non-hydrogen) atoms. The van der Waals surface area contributed by atoms with Crippen LogP contribution in [0.25, 0.3) is 0 Å². The van der Waals surface area contributed by atoms with Gasteiger partial charge in [-0.25, -0.2) is 0 Å². The van der Waals surface area contributed by atoms with Crippen LogP contribution in [0.1, 0.15) is 45.6 Å². The highest BCUT2D eigenvalue weighted by Crippen LogP contribution is 2.31. The number of amides is 2. The summed E-state index contributed by atoms with van der Waals surface area (Å²) < 4.78 is 5.57. The molecular formula is C25H39N5O5. The Hall–Kier alpha value is -2.24. The van der Waals surface area contributed by atoms with Crippen LogP contribution >= 0.6 is 0 Å². The number of likely N-dealkylation sites (tertiary alicyclic amines) is 1. The van der Waals surface area contributed by atoms with Crippen molar-refractivity contribution in [2.45, 2.75) is 57.5 Å². The lowest BCUT2D eigenvalue weighted by molar-refractivity contribution is -0.225. The van der Waals surface area contributed by atoms with E-state index in [1.165, 1.54) is 11.2 Å². The van der Waals surface area contributed by atoms with E-state index in [0.29, 0.717) is 52.4 Å². The number of carbonyl (C=O) groups is 2. The highest BCUT2D eigenvalue weighted by molar-refractivity contribution is 5.90. The third kappa shape index (κ3) is 5.62. The second kappa shape index (κ2) is 10.8. The minimum atomic E-state index is -0.746. The number of nitrogens with zero attached hydrogens (tertiary/aromatic N) is 4. The van der Waals surface area contributed by atoms with Gasteiger partial charge in [0, 0.05) is 44.5 Å². The van der Waals surface area contributed by atoms with Crippen LogP contribution in [0.15, 0.2) is 24.3 Å². The molecule has 4 rings (SSSR count). The molecule has 2 amide bonds. The summed E-state index contributed by atoms with van der Waals surface area (Å²) in [7, 11) is 0. The number of piperazine rings is 1. The van der Waals surface area contributed by atoms with Crippen molar-refractivity contribution in [2.24, 2.45) is 5.92 Å². The first-order valence-electron chi connectivity index (χ1n) is 12.6. The van der Waals surface area contributed by atoms with E-state index in [-0.39, 0.29) is 22.5 Å². The highest BCUT2D eigenvalue weighted by Gasteiger charge is 2.47. The minimum Gasteiger partial charge on any atom is -0.380 e. The van der Waals surface area contributed by atoms with Gasteiger partial charge in [-0.15, -0.1) is 5.17 Å². The van der Waals surface area contributed by atoms with E-state index in [4.69, 9.17) is 9.94 Å². The number of ether oxygens (including phenoxy) is 1. The number of hydrogen-bond acceptors (Lipinski definition) is 8. The number of hydroxylamine groups is 1. The molecule has 3 atom stereocenters. The minimum absolute atomic E-state index is 0.0661. The monoisotopic (exact) mass is 489 g/mol. The standard InChI is InChI=1S/C25H39N5O5/c1-25(2,3)18-6-8-19(9-7-18)27-12-14-28(15-13-27)24(32)22-21(23(31)30(34)26-33)5-4-11-29(22)20-10-16-35-17-20/h6-9,20-22,26,33-34H,4-5,10-17H2,1-3H3/t20-,21-,22-/m0/s1. The van der Waals surface area contributed by atoms with Gasteiger partial charge in [-0.2, -0.15) is 0 Å². The largest absolute Gasteiger partial charge is 0.380 e. The lowest BCUT2D eigenvalue weighted by Crippen LogP contribution is -2.63.